The Morgan fingerprint density at radius 1 is 1.17 bits per heavy atom. The molecule has 1 aromatic heterocycles. The summed E-state index contributed by atoms with van der Waals surface area (Å²) in [7, 11) is -3.38. The zero-order valence-electron chi connectivity index (χ0n) is 17.9. The van der Waals surface area contributed by atoms with Gasteiger partial charge in [-0.25, -0.2) is 4.79 Å². The van der Waals surface area contributed by atoms with Crippen molar-refractivity contribution < 1.29 is 18.3 Å². The normalized spacial score (nSPS) is 21.3. The molecule has 0 unspecified atom stereocenters. The first-order chi connectivity index (χ1) is 14.2. The molecule has 2 atom stereocenters. The number of hydrogen-bond acceptors (Lipinski definition) is 7. The summed E-state index contributed by atoms with van der Waals surface area (Å²) in [5, 5.41) is 0. The quantitative estimate of drug-likeness (QED) is 0.568. The number of aromatic nitrogens is 2. The monoisotopic (exact) mass is 435 g/mol. The van der Waals surface area contributed by atoms with Gasteiger partial charge in [-0.1, -0.05) is 30.3 Å². The number of ether oxygens (including phenoxy) is 1. The Kier molecular flexibility index (Phi) is 6.82. The van der Waals surface area contributed by atoms with Gasteiger partial charge in [-0.3, -0.25) is 9.13 Å². The zero-order chi connectivity index (χ0) is 21.9. The fraction of sp³-hybridized carbons (Fsp3) is 0.524. The predicted octanol–water partition coefficient (Wildman–Crippen LogP) is 3.61. The minimum Gasteiger partial charge on any atom is -0.383 e. The maximum absolute atomic E-state index is 13.0. The molecule has 0 spiro atoms. The van der Waals surface area contributed by atoms with Crippen molar-refractivity contribution in [1.82, 2.24) is 9.55 Å². The summed E-state index contributed by atoms with van der Waals surface area (Å²) < 4.78 is 31.5. The molecular formula is C21H30N3O5P. The molecule has 0 bridgehead atoms. The van der Waals surface area contributed by atoms with Crippen LogP contribution >= 0.6 is 7.60 Å². The van der Waals surface area contributed by atoms with E-state index < -0.39 is 18.8 Å². The van der Waals surface area contributed by atoms with Gasteiger partial charge in [-0.15, -0.1) is 0 Å². The molecule has 1 heterocycles. The van der Waals surface area contributed by atoms with Crippen LogP contribution in [0.25, 0.3) is 0 Å². The average Bonchev–Trinajstić information content (AvgIpc) is 3.36. The molecule has 2 aromatic rings. The molecule has 1 saturated carbocycles. The summed E-state index contributed by atoms with van der Waals surface area (Å²) in [5.41, 5.74) is 5.68. The Labute approximate surface area is 176 Å². The van der Waals surface area contributed by atoms with Crippen LogP contribution in [0.15, 0.2) is 47.4 Å². The zero-order valence-corrected chi connectivity index (χ0v) is 18.7. The summed E-state index contributed by atoms with van der Waals surface area (Å²) in [6.45, 7) is 7.52. The third-order valence-corrected chi connectivity index (χ3v) is 6.90. The highest BCUT2D eigenvalue weighted by atomic mass is 31.2. The van der Waals surface area contributed by atoms with E-state index in [1.807, 2.05) is 30.3 Å². The second-order valence-corrected chi connectivity index (χ2v) is 10.0. The first-order valence-corrected chi connectivity index (χ1v) is 11.8. The molecule has 0 aliphatic heterocycles. The van der Waals surface area contributed by atoms with E-state index in [-0.39, 0.29) is 30.3 Å². The molecule has 1 aliphatic rings. The topological polar surface area (TPSA) is 106 Å². The largest absolute Gasteiger partial charge is 0.383 e. The molecule has 3 rings (SSSR count). The average molecular weight is 435 g/mol. The Balaban J connectivity index is 1.78. The number of nitrogen functional groups attached to an aromatic ring is 1. The molecule has 30 heavy (non-hydrogen) atoms. The van der Waals surface area contributed by atoms with E-state index in [0.717, 1.165) is 5.56 Å². The van der Waals surface area contributed by atoms with E-state index in [4.69, 9.17) is 19.5 Å². The van der Waals surface area contributed by atoms with Crippen LogP contribution in [0.5, 0.6) is 0 Å². The third-order valence-electron chi connectivity index (χ3n) is 4.91. The van der Waals surface area contributed by atoms with Gasteiger partial charge in [0.1, 0.15) is 12.2 Å². The molecule has 9 heteroatoms. The van der Waals surface area contributed by atoms with Crippen molar-refractivity contribution in [3.8, 4) is 0 Å². The van der Waals surface area contributed by atoms with Crippen molar-refractivity contribution in [1.29, 1.82) is 0 Å². The molecule has 1 aliphatic carbocycles. The van der Waals surface area contributed by atoms with Crippen LogP contribution in [0.3, 0.4) is 0 Å². The maximum atomic E-state index is 13.0. The molecule has 1 aromatic carbocycles. The van der Waals surface area contributed by atoms with E-state index in [2.05, 4.69) is 4.98 Å². The minimum atomic E-state index is -3.38. The van der Waals surface area contributed by atoms with Gasteiger partial charge in [0.2, 0.25) is 0 Å². The van der Waals surface area contributed by atoms with Crippen LogP contribution in [0.2, 0.25) is 0 Å². The van der Waals surface area contributed by atoms with E-state index in [0.29, 0.717) is 13.0 Å². The van der Waals surface area contributed by atoms with Crippen molar-refractivity contribution in [3.05, 3.63) is 58.6 Å². The molecule has 1 fully saturated rings. The Bertz CT molecular complexity index is 949. The fourth-order valence-electron chi connectivity index (χ4n) is 3.78. The molecule has 0 amide bonds. The first kappa shape index (κ1) is 22.7. The molecular weight excluding hydrogens is 405 g/mol. The van der Waals surface area contributed by atoms with Crippen LogP contribution in [-0.4, -0.2) is 34.7 Å². The number of benzene rings is 1. The highest BCUT2D eigenvalue weighted by Gasteiger charge is 2.57. The van der Waals surface area contributed by atoms with E-state index in [1.54, 1.807) is 44.5 Å². The Morgan fingerprint density at radius 2 is 1.80 bits per heavy atom. The lowest BCUT2D eigenvalue weighted by atomic mass is 10.0. The second kappa shape index (κ2) is 9.02. The van der Waals surface area contributed by atoms with Crippen molar-refractivity contribution in [2.75, 3.05) is 18.7 Å². The van der Waals surface area contributed by atoms with Crippen LogP contribution in [0.4, 0.5) is 5.82 Å². The Morgan fingerprint density at radius 3 is 2.37 bits per heavy atom. The lowest BCUT2D eigenvalue weighted by Crippen LogP contribution is -2.35. The van der Waals surface area contributed by atoms with E-state index in [1.165, 1.54) is 0 Å². The summed E-state index contributed by atoms with van der Waals surface area (Å²) in [5.74, 6) is 0.195. The summed E-state index contributed by atoms with van der Waals surface area (Å²) in [4.78, 5) is 16.5. The van der Waals surface area contributed by atoms with Crippen LogP contribution < -0.4 is 11.4 Å². The number of nitrogens with zero attached hydrogens (tertiary/aromatic N) is 2. The van der Waals surface area contributed by atoms with Gasteiger partial charge in [-0.2, -0.15) is 4.98 Å². The van der Waals surface area contributed by atoms with Gasteiger partial charge in [0.15, 0.2) is 0 Å². The van der Waals surface area contributed by atoms with Crippen LogP contribution in [0, 0.1) is 5.92 Å². The highest BCUT2D eigenvalue weighted by Crippen LogP contribution is 2.56. The Hall–Kier alpha value is -1.99. The minimum absolute atomic E-state index is 0.00887. The van der Waals surface area contributed by atoms with Gasteiger partial charge in [-0.05, 0) is 45.7 Å². The van der Waals surface area contributed by atoms with Crippen molar-refractivity contribution in [2.24, 2.45) is 5.92 Å². The molecule has 0 radical (unpaired) electrons. The summed E-state index contributed by atoms with van der Waals surface area (Å²) in [6.07, 6.45) is 1.73. The van der Waals surface area contributed by atoms with Crippen molar-refractivity contribution >= 4 is 13.4 Å². The smallest absolute Gasteiger partial charge is 0.356 e. The van der Waals surface area contributed by atoms with E-state index >= 15 is 0 Å². The molecule has 2 N–H and O–H groups in total. The fourth-order valence-corrected chi connectivity index (χ4v) is 5.57. The standard InChI is InChI=1S/C21H30N3O5P/c1-15(2)28-30(26,29-16(3)4)14-27-13-18-12-21(18,17-8-6-5-7-9-17)24-11-10-19(22)23-20(24)25/h5-11,15-16,18H,12-14H2,1-4H3,(H2,22,23,25)/t18-,21+/m1/s1. The van der Waals surface area contributed by atoms with Crippen molar-refractivity contribution in [2.45, 2.75) is 51.9 Å². The first-order valence-electron chi connectivity index (χ1n) is 10.1. The number of nitrogens with two attached hydrogens (primary N) is 1. The molecule has 0 saturated heterocycles. The van der Waals surface area contributed by atoms with Gasteiger partial charge in [0.25, 0.3) is 0 Å². The second-order valence-electron chi connectivity index (χ2n) is 8.12. The molecule has 8 nitrogen and oxygen atoms in total. The number of rotatable bonds is 10. The summed E-state index contributed by atoms with van der Waals surface area (Å²) >= 11 is 0. The van der Waals surface area contributed by atoms with Gasteiger partial charge >= 0.3 is 13.3 Å². The number of hydrogen-bond donors (Lipinski definition) is 1. The predicted molar refractivity (Wildman–Crippen MR) is 115 cm³/mol. The maximum Gasteiger partial charge on any atom is 0.356 e. The highest BCUT2D eigenvalue weighted by molar-refractivity contribution is 7.53. The van der Waals surface area contributed by atoms with Gasteiger partial charge < -0.3 is 19.5 Å². The number of anilines is 1. The lowest BCUT2D eigenvalue weighted by Gasteiger charge is -2.24. The van der Waals surface area contributed by atoms with Crippen LogP contribution in [-0.2, 0) is 23.9 Å². The van der Waals surface area contributed by atoms with Gasteiger partial charge in [0, 0.05) is 12.1 Å². The summed E-state index contributed by atoms with van der Waals surface area (Å²) in [6, 6.07) is 11.4. The lowest BCUT2D eigenvalue weighted by molar-refractivity contribution is 0.0920. The van der Waals surface area contributed by atoms with Gasteiger partial charge in [0.05, 0.1) is 24.4 Å². The van der Waals surface area contributed by atoms with Crippen LogP contribution in [0.1, 0.15) is 39.7 Å². The molecule has 164 valence electrons. The van der Waals surface area contributed by atoms with Crippen molar-refractivity contribution in [3.63, 3.8) is 0 Å². The SMILES string of the molecule is CC(C)OP(=O)(COC[C@H]1C[C@@]1(c1ccccc1)n1ccc(N)nc1=O)OC(C)C. The third kappa shape index (κ3) is 5.01. The van der Waals surface area contributed by atoms with E-state index in [9.17, 15) is 9.36 Å².